The number of benzene rings is 2. The molecule has 0 saturated carbocycles. The molecule has 0 aliphatic heterocycles. The lowest BCUT2D eigenvalue weighted by Crippen LogP contribution is -2.54. The van der Waals surface area contributed by atoms with Gasteiger partial charge in [0.15, 0.2) is 0 Å². The van der Waals surface area contributed by atoms with E-state index in [0.717, 1.165) is 12.2 Å². The summed E-state index contributed by atoms with van der Waals surface area (Å²) >= 11 is 0. The smallest absolute Gasteiger partial charge is 0.122 e. The van der Waals surface area contributed by atoms with Crippen molar-refractivity contribution in [2.24, 2.45) is 0 Å². The molecule has 0 unspecified atom stereocenters. The molecule has 24 heavy (non-hydrogen) atoms. The van der Waals surface area contributed by atoms with Crippen LogP contribution in [0.4, 0.5) is 0 Å². The highest BCUT2D eigenvalue weighted by Gasteiger charge is 2.33. The maximum atomic E-state index is 6.10. The van der Waals surface area contributed by atoms with Crippen LogP contribution >= 0.6 is 0 Å². The average Bonchev–Trinajstić information content (AvgIpc) is 3.01. The van der Waals surface area contributed by atoms with Gasteiger partial charge in [-0.15, -0.1) is 0 Å². The zero-order chi connectivity index (χ0) is 17.3. The average molecular weight is 335 g/mol. The molecule has 1 aliphatic carbocycles. The SMILES string of the molecule is C=CCOc1c(C)cc(C)cc1[Si](C)(C)c1cccc2c1C=CC2. The fourth-order valence-electron chi connectivity index (χ4n) is 3.73. The fourth-order valence-corrected chi connectivity index (χ4v) is 6.88. The second-order valence-corrected chi connectivity index (χ2v) is 11.5. The van der Waals surface area contributed by atoms with Gasteiger partial charge in [0.1, 0.15) is 20.4 Å². The number of rotatable bonds is 5. The second-order valence-electron chi connectivity index (χ2n) is 7.17. The number of aryl methyl sites for hydroxylation is 2. The summed E-state index contributed by atoms with van der Waals surface area (Å²) in [6, 6.07) is 11.3. The van der Waals surface area contributed by atoms with Crippen molar-refractivity contribution in [1.82, 2.24) is 0 Å². The minimum atomic E-state index is -1.88. The van der Waals surface area contributed by atoms with Gasteiger partial charge < -0.3 is 4.74 Å². The van der Waals surface area contributed by atoms with Gasteiger partial charge in [0.2, 0.25) is 0 Å². The van der Waals surface area contributed by atoms with Crippen molar-refractivity contribution in [2.75, 3.05) is 6.61 Å². The minimum absolute atomic E-state index is 0.550. The summed E-state index contributed by atoms with van der Waals surface area (Å²) in [5, 5.41) is 2.89. The maximum absolute atomic E-state index is 6.10. The Bertz CT molecular complexity index is 815. The van der Waals surface area contributed by atoms with E-state index in [4.69, 9.17) is 4.74 Å². The zero-order valence-corrected chi connectivity index (χ0v) is 16.1. The van der Waals surface area contributed by atoms with E-state index in [1.807, 2.05) is 6.08 Å². The molecular formula is C22H26OSi. The number of hydrogen-bond acceptors (Lipinski definition) is 1. The van der Waals surface area contributed by atoms with Gasteiger partial charge in [-0.25, -0.2) is 0 Å². The molecular weight excluding hydrogens is 308 g/mol. The second kappa shape index (κ2) is 6.44. The van der Waals surface area contributed by atoms with E-state index >= 15 is 0 Å². The van der Waals surface area contributed by atoms with E-state index in [1.54, 1.807) is 0 Å². The number of ether oxygens (including phenoxy) is 1. The van der Waals surface area contributed by atoms with E-state index in [-0.39, 0.29) is 0 Å². The lowest BCUT2D eigenvalue weighted by atomic mass is 10.1. The molecule has 0 saturated heterocycles. The topological polar surface area (TPSA) is 9.23 Å². The summed E-state index contributed by atoms with van der Waals surface area (Å²) in [5.74, 6) is 1.05. The molecule has 3 rings (SSSR count). The lowest BCUT2D eigenvalue weighted by Gasteiger charge is -2.29. The minimum Gasteiger partial charge on any atom is -0.489 e. The molecule has 2 aromatic carbocycles. The largest absolute Gasteiger partial charge is 0.489 e. The highest BCUT2D eigenvalue weighted by atomic mass is 28.3. The van der Waals surface area contributed by atoms with Crippen LogP contribution in [0.3, 0.4) is 0 Å². The molecule has 2 heteroatoms. The molecule has 0 heterocycles. The first kappa shape index (κ1) is 16.8. The van der Waals surface area contributed by atoms with Gasteiger partial charge in [0.25, 0.3) is 0 Å². The van der Waals surface area contributed by atoms with Crippen LogP contribution in [-0.2, 0) is 6.42 Å². The number of fused-ring (bicyclic) bond motifs is 1. The predicted molar refractivity (Wildman–Crippen MR) is 108 cm³/mol. The van der Waals surface area contributed by atoms with Gasteiger partial charge in [-0.05, 0) is 47.3 Å². The van der Waals surface area contributed by atoms with Crippen LogP contribution in [0.2, 0.25) is 13.1 Å². The monoisotopic (exact) mass is 334 g/mol. The van der Waals surface area contributed by atoms with E-state index < -0.39 is 8.07 Å². The Kier molecular flexibility index (Phi) is 4.51. The van der Waals surface area contributed by atoms with Gasteiger partial charge in [0.05, 0.1) is 0 Å². The Labute approximate surface area is 146 Å². The van der Waals surface area contributed by atoms with Crippen LogP contribution in [0.25, 0.3) is 6.08 Å². The standard InChI is InChI=1S/C22H26OSi/c1-6-13-23-22-17(3)14-16(2)15-21(22)24(4,5)20-12-8-10-18-9-7-11-19(18)20/h6-8,10-12,14-15H,1,9,13H2,2-5H3. The van der Waals surface area contributed by atoms with Crippen LogP contribution in [0, 0.1) is 13.8 Å². The van der Waals surface area contributed by atoms with Crippen molar-refractivity contribution in [3.8, 4) is 5.75 Å². The van der Waals surface area contributed by atoms with Crippen molar-refractivity contribution in [3.05, 3.63) is 71.3 Å². The Morgan fingerprint density at radius 2 is 1.96 bits per heavy atom. The Morgan fingerprint density at radius 3 is 2.71 bits per heavy atom. The molecule has 0 radical (unpaired) electrons. The van der Waals surface area contributed by atoms with Gasteiger partial charge in [-0.3, -0.25) is 0 Å². The van der Waals surface area contributed by atoms with Crippen LogP contribution < -0.4 is 15.1 Å². The Hall–Kier alpha value is -2.06. The Morgan fingerprint density at radius 1 is 1.17 bits per heavy atom. The molecule has 0 atom stereocenters. The van der Waals surface area contributed by atoms with Gasteiger partial charge >= 0.3 is 0 Å². The van der Waals surface area contributed by atoms with Crippen molar-refractivity contribution in [2.45, 2.75) is 33.4 Å². The predicted octanol–water partition coefficient (Wildman–Crippen LogP) is 4.26. The fraction of sp³-hybridized carbons (Fsp3) is 0.273. The first-order valence-electron chi connectivity index (χ1n) is 8.59. The van der Waals surface area contributed by atoms with Crippen molar-refractivity contribution in [3.63, 3.8) is 0 Å². The van der Waals surface area contributed by atoms with Crippen LogP contribution in [0.1, 0.15) is 22.3 Å². The molecule has 0 N–H and O–H groups in total. The summed E-state index contributed by atoms with van der Waals surface area (Å²) < 4.78 is 6.10. The zero-order valence-electron chi connectivity index (χ0n) is 15.1. The molecule has 1 nitrogen and oxygen atoms in total. The van der Waals surface area contributed by atoms with E-state index in [2.05, 4.69) is 76.0 Å². The maximum Gasteiger partial charge on any atom is 0.122 e. The van der Waals surface area contributed by atoms with E-state index in [9.17, 15) is 0 Å². The normalized spacial score (nSPS) is 13.0. The van der Waals surface area contributed by atoms with Crippen LogP contribution in [0.5, 0.6) is 5.75 Å². The highest BCUT2D eigenvalue weighted by molar-refractivity contribution is 7.01. The molecule has 0 bridgehead atoms. The molecule has 124 valence electrons. The first-order valence-corrected chi connectivity index (χ1v) is 11.6. The quantitative estimate of drug-likeness (QED) is 0.586. The summed E-state index contributed by atoms with van der Waals surface area (Å²) in [4.78, 5) is 0. The van der Waals surface area contributed by atoms with Gasteiger partial charge in [-0.1, -0.05) is 73.8 Å². The summed E-state index contributed by atoms with van der Waals surface area (Å²) in [7, 11) is -1.88. The molecule has 1 aliphatic rings. The number of hydrogen-bond donors (Lipinski definition) is 0. The first-order chi connectivity index (χ1) is 11.4. The summed E-state index contributed by atoms with van der Waals surface area (Å²) in [6.45, 7) is 13.5. The van der Waals surface area contributed by atoms with Gasteiger partial charge in [-0.2, -0.15) is 0 Å². The number of allylic oxidation sites excluding steroid dienone is 1. The van der Waals surface area contributed by atoms with E-state index in [1.165, 1.54) is 32.6 Å². The van der Waals surface area contributed by atoms with Gasteiger partial charge in [0, 0.05) is 0 Å². The van der Waals surface area contributed by atoms with Crippen molar-refractivity contribution >= 4 is 24.5 Å². The Balaban J connectivity index is 2.18. The molecule has 2 aromatic rings. The third-order valence-corrected chi connectivity index (χ3v) is 8.43. The van der Waals surface area contributed by atoms with Crippen LogP contribution in [0.15, 0.2) is 49.1 Å². The third kappa shape index (κ3) is 2.87. The summed E-state index contributed by atoms with van der Waals surface area (Å²) in [6.07, 6.45) is 7.45. The molecule has 0 aromatic heterocycles. The summed E-state index contributed by atoms with van der Waals surface area (Å²) in [5.41, 5.74) is 5.40. The highest BCUT2D eigenvalue weighted by Crippen LogP contribution is 2.25. The van der Waals surface area contributed by atoms with E-state index in [0.29, 0.717) is 6.61 Å². The van der Waals surface area contributed by atoms with Crippen LogP contribution in [-0.4, -0.2) is 14.7 Å². The lowest BCUT2D eigenvalue weighted by molar-refractivity contribution is 0.363. The van der Waals surface area contributed by atoms with Crippen molar-refractivity contribution < 1.29 is 4.74 Å². The molecule has 0 amide bonds. The molecule has 0 spiro atoms. The van der Waals surface area contributed by atoms with Crippen molar-refractivity contribution in [1.29, 1.82) is 0 Å². The molecule has 0 fully saturated rings. The third-order valence-electron chi connectivity index (χ3n) is 4.93.